The molecule has 2 rings (SSSR count). The lowest BCUT2D eigenvalue weighted by molar-refractivity contribution is 0.415. The van der Waals surface area contributed by atoms with Crippen LogP contribution in [0, 0.1) is 0 Å². The molecule has 18 heavy (non-hydrogen) atoms. The average Bonchev–Trinajstić information content (AvgIpc) is 2.85. The van der Waals surface area contributed by atoms with Crippen LogP contribution in [0.2, 0.25) is 0 Å². The van der Waals surface area contributed by atoms with Crippen LogP contribution in [0.15, 0.2) is 24.5 Å². The predicted octanol–water partition coefficient (Wildman–Crippen LogP) is 2.67. The molecule has 1 heterocycles. The van der Waals surface area contributed by atoms with Crippen molar-refractivity contribution >= 4 is 0 Å². The van der Waals surface area contributed by atoms with Crippen LogP contribution in [-0.2, 0) is 6.54 Å². The van der Waals surface area contributed by atoms with Crippen molar-refractivity contribution < 1.29 is 4.74 Å². The number of methoxy groups -OCH3 is 1. The first kappa shape index (κ1) is 12.6. The monoisotopic (exact) mass is 245 g/mol. The lowest BCUT2D eigenvalue weighted by atomic mass is 9.99. The molecule has 4 nitrogen and oxygen atoms in total. The van der Waals surface area contributed by atoms with Crippen molar-refractivity contribution in [2.45, 2.75) is 26.3 Å². The van der Waals surface area contributed by atoms with Crippen molar-refractivity contribution in [2.75, 3.05) is 7.11 Å². The van der Waals surface area contributed by atoms with Crippen molar-refractivity contribution in [1.29, 1.82) is 0 Å². The summed E-state index contributed by atoms with van der Waals surface area (Å²) in [5.74, 6) is 1.31. The zero-order chi connectivity index (χ0) is 13.1. The van der Waals surface area contributed by atoms with Gasteiger partial charge in [-0.25, -0.2) is 4.98 Å². The van der Waals surface area contributed by atoms with Crippen molar-refractivity contribution in [3.63, 3.8) is 0 Å². The number of hydrogen-bond donors (Lipinski definition) is 2. The van der Waals surface area contributed by atoms with Gasteiger partial charge in [-0.2, -0.15) is 0 Å². The van der Waals surface area contributed by atoms with E-state index in [9.17, 15) is 0 Å². The molecule has 0 amide bonds. The number of ether oxygens (including phenoxy) is 1. The molecule has 0 bridgehead atoms. The minimum absolute atomic E-state index is 0.435. The van der Waals surface area contributed by atoms with E-state index >= 15 is 0 Å². The quantitative estimate of drug-likeness (QED) is 0.870. The highest BCUT2D eigenvalue weighted by molar-refractivity contribution is 5.69. The molecule has 0 atom stereocenters. The standard InChI is InChI=1S/C14H19N3O/c1-9(2)10-4-5-11(13(6-10)18-3)14-12(7-15)16-8-17-14/h4-6,8-9H,7,15H2,1-3H3,(H,16,17). The lowest BCUT2D eigenvalue weighted by Gasteiger charge is -2.12. The van der Waals surface area contributed by atoms with Gasteiger partial charge in [0.05, 0.1) is 24.8 Å². The van der Waals surface area contributed by atoms with Gasteiger partial charge >= 0.3 is 0 Å². The number of nitrogens with two attached hydrogens (primary N) is 1. The van der Waals surface area contributed by atoms with E-state index < -0.39 is 0 Å². The van der Waals surface area contributed by atoms with E-state index in [0.29, 0.717) is 12.5 Å². The van der Waals surface area contributed by atoms with E-state index in [1.54, 1.807) is 13.4 Å². The predicted molar refractivity (Wildman–Crippen MR) is 72.6 cm³/mol. The molecule has 3 N–H and O–H groups in total. The molecule has 0 aliphatic carbocycles. The fraction of sp³-hybridized carbons (Fsp3) is 0.357. The van der Waals surface area contributed by atoms with Gasteiger partial charge in [-0.1, -0.05) is 19.9 Å². The van der Waals surface area contributed by atoms with Gasteiger partial charge in [0.25, 0.3) is 0 Å². The number of nitrogens with one attached hydrogen (secondary N) is 1. The molecule has 0 fully saturated rings. The van der Waals surface area contributed by atoms with E-state index in [1.807, 2.05) is 6.07 Å². The summed E-state index contributed by atoms with van der Waals surface area (Å²) in [6.45, 7) is 4.76. The normalized spacial score (nSPS) is 10.9. The van der Waals surface area contributed by atoms with Crippen LogP contribution in [0.5, 0.6) is 5.75 Å². The van der Waals surface area contributed by atoms with E-state index in [0.717, 1.165) is 22.7 Å². The summed E-state index contributed by atoms with van der Waals surface area (Å²) in [6, 6.07) is 6.22. The smallest absolute Gasteiger partial charge is 0.128 e. The zero-order valence-corrected chi connectivity index (χ0v) is 11.0. The fourth-order valence-corrected chi connectivity index (χ4v) is 1.97. The third-order valence-corrected chi connectivity index (χ3v) is 3.07. The molecule has 0 spiro atoms. The summed E-state index contributed by atoms with van der Waals surface area (Å²) in [5.41, 5.74) is 9.70. The summed E-state index contributed by atoms with van der Waals surface area (Å²) in [4.78, 5) is 7.38. The number of aromatic nitrogens is 2. The van der Waals surface area contributed by atoms with Crippen molar-refractivity contribution in [3.8, 4) is 17.0 Å². The molecule has 1 aromatic heterocycles. The number of nitrogens with zero attached hydrogens (tertiary/aromatic N) is 1. The molecule has 1 aromatic carbocycles. The summed E-state index contributed by atoms with van der Waals surface area (Å²) in [7, 11) is 1.68. The van der Waals surface area contributed by atoms with Crippen LogP contribution >= 0.6 is 0 Å². The molecule has 2 aromatic rings. The van der Waals surface area contributed by atoms with Gasteiger partial charge in [0.15, 0.2) is 0 Å². The number of aromatic amines is 1. The Labute approximate surface area is 107 Å². The van der Waals surface area contributed by atoms with Gasteiger partial charge in [-0.15, -0.1) is 0 Å². The molecule has 0 unspecified atom stereocenters. The molecular weight excluding hydrogens is 226 g/mol. The van der Waals surface area contributed by atoms with E-state index in [-0.39, 0.29) is 0 Å². The summed E-state index contributed by atoms with van der Waals surface area (Å²) in [5, 5.41) is 0. The first-order chi connectivity index (χ1) is 8.67. The van der Waals surface area contributed by atoms with Crippen molar-refractivity contribution in [2.24, 2.45) is 5.73 Å². The largest absolute Gasteiger partial charge is 0.496 e. The maximum Gasteiger partial charge on any atom is 0.128 e. The Kier molecular flexibility index (Phi) is 3.67. The number of H-pyrrole nitrogens is 1. The molecule has 0 aliphatic rings. The first-order valence-corrected chi connectivity index (χ1v) is 6.08. The zero-order valence-electron chi connectivity index (χ0n) is 11.0. The average molecular weight is 245 g/mol. The number of hydrogen-bond acceptors (Lipinski definition) is 3. The SMILES string of the molecule is COc1cc(C(C)C)ccc1-c1nc[nH]c1CN. The second kappa shape index (κ2) is 5.23. The second-order valence-electron chi connectivity index (χ2n) is 4.55. The van der Waals surface area contributed by atoms with Crippen LogP contribution in [0.1, 0.15) is 31.0 Å². The third kappa shape index (κ3) is 2.24. The highest BCUT2D eigenvalue weighted by Gasteiger charge is 2.13. The number of imidazole rings is 1. The summed E-state index contributed by atoms with van der Waals surface area (Å²) >= 11 is 0. The third-order valence-electron chi connectivity index (χ3n) is 3.07. The van der Waals surface area contributed by atoms with Crippen molar-refractivity contribution in [3.05, 3.63) is 35.8 Å². The molecule has 0 aliphatic heterocycles. The molecular formula is C14H19N3O. The molecule has 4 heteroatoms. The maximum absolute atomic E-state index is 5.69. The van der Waals surface area contributed by atoms with Gasteiger partial charge in [0.2, 0.25) is 0 Å². The van der Waals surface area contributed by atoms with Gasteiger partial charge < -0.3 is 15.5 Å². The van der Waals surface area contributed by atoms with Crippen LogP contribution in [0.3, 0.4) is 0 Å². The van der Waals surface area contributed by atoms with Crippen LogP contribution in [0.4, 0.5) is 0 Å². The Morgan fingerprint density at radius 1 is 1.39 bits per heavy atom. The fourth-order valence-electron chi connectivity index (χ4n) is 1.97. The topological polar surface area (TPSA) is 63.9 Å². The highest BCUT2D eigenvalue weighted by Crippen LogP contribution is 2.33. The van der Waals surface area contributed by atoms with Crippen molar-refractivity contribution in [1.82, 2.24) is 9.97 Å². The van der Waals surface area contributed by atoms with E-state index in [4.69, 9.17) is 10.5 Å². The Morgan fingerprint density at radius 3 is 2.78 bits per heavy atom. The molecule has 0 saturated carbocycles. The van der Waals surface area contributed by atoms with E-state index in [2.05, 4.69) is 35.9 Å². The highest BCUT2D eigenvalue weighted by atomic mass is 16.5. The van der Waals surface area contributed by atoms with E-state index in [1.165, 1.54) is 5.56 Å². The Bertz CT molecular complexity index is 532. The molecule has 96 valence electrons. The molecule has 0 radical (unpaired) electrons. The number of benzene rings is 1. The summed E-state index contributed by atoms with van der Waals surface area (Å²) in [6.07, 6.45) is 1.66. The number of rotatable bonds is 4. The van der Waals surface area contributed by atoms with Crippen LogP contribution in [0.25, 0.3) is 11.3 Å². The second-order valence-corrected chi connectivity index (χ2v) is 4.55. The Hall–Kier alpha value is -1.81. The van der Waals surface area contributed by atoms with Gasteiger partial charge in [-0.3, -0.25) is 0 Å². The minimum Gasteiger partial charge on any atom is -0.496 e. The van der Waals surface area contributed by atoms with Gasteiger partial charge in [-0.05, 0) is 23.6 Å². The van der Waals surface area contributed by atoms with Gasteiger partial charge in [0.1, 0.15) is 5.75 Å². The molecule has 0 saturated heterocycles. The Balaban J connectivity index is 2.51. The van der Waals surface area contributed by atoms with Crippen LogP contribution < -0.4 is 10.5 Å². The first-order valence-electron chi connectivity index (χ1n) is 6.08. The minimum atomic E-state index is 0.435. The maximum atomic E-state index is 5.69. The Morgan fingerprint density at radius 2 is 2.17 bits per heavy atom. The van der Waals surface area contributed by atoms with Crippen LogP contribution in [-0.4, -0.2) is 17.1 Å². The van der Waals surface area contributed by atoms with Gasteiger partial charge in [0, 0.05) is 12.1 Å². The summed E-state index contributed by atoms with van der Waals surface area (Å²) < 4.78 is 5.46. The lowest BCUT2D eigenvalue weighted by Crippen LogP contribution is -2.00.